The molecule has 3 heteroatoms. The van der Waals surface area contributed by atoms with Crippen molar-refractivity contribution in [2.75, 3.05) is 13.1 Å². The maximum absolute atomic E-state index is 11.1. The molecule has 1 aliphatic heterocycles. The largest absolute Gasteiger partial charge is 0.339 e. The molecule has 1 aliphatic rings. The first-order valence-corrected chi connectivity index (χ1v) is 3.71. The lowest BCUT2D eigenvalue weighted by molar-refractivity contribution is -0.135. The summed E-state index contributed by atoms with van der Waals surface area (Å²) in [5.74, 6) is 2.56. The second-order valence-electron chi connectivity index (χ2n) is 2.76. The van der Waals surface area contributed by atoms with Crippen LogP contribution in [0.4, 0.5) is 0 Å². The van der Waals surface area contributed by atoms with Gasteiger partial charge in [-0.15, -0.1) is 12.3 Å². The number of carbonyl (C=O) groups is 1. The number of carbonyl (C=O) groups excluding carboxylic acids is 1. The van der Waals surface area contributed by atoms with E-state index in [9.17, 15) is 4.79 Å². The Kier molecular flexibility index (Phi) is 2.50. The molecule has 1 rings (SSSR count). The van der Waals surface area contributed by atoms with Crippen LogP contribution < -0.4 is 5.73 Å². The molecule has 60 valence electrons. The van der Waals surface area contributed by atoms with Gasteiger partial charge >= 0.3 is 0 Å². The number of terminal acetylenes is 1. The zero-order chi connectivity index (χ0) is 8.27. The number of hydrogen-bond donors (Lipinski definition) is 1. The summed E-state index contributed by atoms with van der Waals surface area (Å²) in [5, 5.41) is 0. The average molecular weight is 152 g/mol. The normalized spacial score (nSPS) is 17.3. The van der Waals surface area contributed by atoms with Crippen LogP contribution in [0.1, 0.15) is 12.8 Å². The topological polar surface area (TPSA) is 46.3 Å². The Hall–Kier alpha value is -1.01. The van der Waals surface area contributed by atoms with E-state index in [0.29, 0.717) is 25.9 Å². The second kappa shape index (κ2) is 3.40. The van der Waals surface area contributed by atoms with E-state index in [1.807, 2.05) is 0 Å². The molecule has 0 spiro atoms. The highest BCUT2D eigenvalue weighted by molar-refractivity contribution is 5.77. The van der Waals surface area contributed by atoms with Crippen LogP contribution in [0.2, 0.25) is 0 Å². The number of likely N-dealkylation sites (tertiary alicyclic amines) is 1. The lowest BCUT2D eigenvalue weighted by Crippen LogP contribution is -2.57. The van der Waals surface area contributed by atoms with E-state index < -0.39 is 0 Å². The maximum Gasteiger partial charge on any atom is 0.223 e. The first-order valence-electron chi connectivity index (χ1n) is 3.71. The van der Waals surface area contributed by atoms with Crippen LogP contribution in [0, 0.1) is 12.3 Å². The molecule has 3 nitrogen and oxygen atoms in total. The van der Waals surface area contributed by atoms with Gasteiger partial charge in [-0.25, -0.2) is 0 Å². The fourth-order valence-corrected chi connectivity index (χ4v) is 1.05. The van der Waals surface area contributed by atoms with Gasteiger partial charge in [0.2, 0.25) is 5.91 Å². The van der Waals surface area contributed by atoms with Crippen molar-refractivity contribution in [3.05, 3.63) is 0 Å². The highest BCUT2D eigenvalue weighted by Gasteiger charge is 2.26. The molecule has 0 aromatic rings. The number of hydrogen-bond acceptors (Lipinski definition) is 2. The summed E-state index contributed by atoms with van der Waals surface area (Å²) in [5.41, 5.74) is 5.50. The van der Waals surface area contributed by atoms with E-state index in [1.54, 1.807) is 4.90 Å². The average Bonchev–Trinajstić information content (AvgIpc) is 1.94. The Morgan fingerprint density at radius 1 is 1.73 bits per heavy atom. The fourth-order valence-electron chi connectivity index (χ4n) is 1.05. The summed E-state index contributed by atoms with van der Waals surface area (Å²) in [6.07, 6.45) is 6.01. The van der Waals surface area contributed by atoms with Crippen LogP contribution in [-0.2, 0) is 4.79 Å². The standard InChI is InChI=1S/C8H12N2O/c1-2-3-4-8(11)10-5-7(9)6-10/h1,7H,3-6,9H2. The van der Waals surface area contributed by atoms with E-state index >= 15 is 0 Å². The molecular weight excluding hydrogens is 140 g/mol. The van der Waals surface area contributed by atoms with Crippen LogP contribution in [-0.4, -0.2) is 29.9 Å². The first kappa shape index (κ1) is 8.09. The Morgan fingerprint density at radius 3 is 2.82 bits per heavy atom. The lowest BCUT2D eigenvalue weighted by Gasteiger charge is -2.36. The Balaban J connectivity index is 2.17. The van der Waals surface area contributed by atoms with Crippen molar-refractivity contribution >= 4 is 5.91 Å². The smallest absolute Gasteiger partial charge is 0.223 e. The van der Waals surface area contributed by atoms with E-state index in [0.717, 1.165) is 0 Å². The fraction of sp³-hybridized carbons (Fsp3) is 0.625. The van der Waals surface area contributed by atoms with Crippen LogP contribution in [0.15, 0.2) is 0 Å². The molecule has 0 aromatic carbocycles. The molecule has 0 radical (unpaired) electrons. The molecular formula is C8H12N2O. The van der Waals surface area contributed by atoms with E-state index in [-0.39, 0.29) is 11.9 Å². The van der Waals surface area contributed by atoms with Crippen molar-refractivity contribution in [2.45, 2.75) is 18.9 Å². The monoisotopic (exact) mass is 152 g/mol. The highest BCUT2D eigenvalue weighted by Crippen LogP contribution is 2.07. The van der Waals surface area contributed by atoms with Gasteiger partial charge in [0, 0.05) is 32.0 Å². The van der Waals surface area contributed by atoms with Gasteiger partial charge in [0.15, 0.2) is 0 Å². The molecule has 1 saturated heterocycles. The molecule has 1 heterocycles. The predicted molar refractivity (Wildman–Crippen MR) is 42.6 cm³/mol. The van der Waals surface area contributed by atoms with E-state index in [1.165, 1.54) is 0 Å². The minimum Gasteiger partial charge on any atom is -0.339 e. The van der Waals surface area contributed by atoms with Gasteiger partial charge in [-0.3, -0.25) is 4.79 Å². The molecule has 0 bridgehead atoms. The Labute approximate surface area is 66.5 Å². The molecule has 0 aromatic heterocycles. The van der Waals surface area contributed by atoms with Crippen molar-refractivity contribution in [1.82, 2.24) is 4.90 Å². The molecule has 0 saturated carbocycles. The number of nitrogens with two attached hydrogens (primary N) is 1. The highest BCUT2D eigenvalue weighted by atomic mass is 16.2. The van der Waals surface area contributed by atoms with Gasteiger partial charge in [-0.1, -0.05) is 0 Å². The third kappa shape index (κ3) is 1.95. The summed E-state index contributed by atoms with van der Waals surface area (Å²) in [6.45, 7) is 1.40. The quantitative estimate of drug-likeness (QED) is 0.546. The molecule has 1 fully saturated rings. The summed E-state index contributed by atoms with van der Waals surface area (Å²) in [7, 11) is 0. The van der Waals surface area contributed by atoms with Gasteiger partial charge < -0.3 is 10.6 Å². The zero-order valence-corrected chi connectivity index (χ0v) is 6.42. The molecule has 0 aliphatic carbocycles. The van der Waals surface area contributed by atoms with Gasteiger partial charge in [-0.05, 0) is 0 Å². The van der Waals surface area contributed by atoms with Gasteiger partial charge in [0.25, 0.3) is 0 Å². The number of amides is 1. The van der Waals surface area contributed by atoms with Crippen molar-refractivity contribution in [3.8, 4) is 12.3 Å². The SMILES string of the molecule is C#CCCC(=O)N1CC(N)C1. The van der Waals surface area contributed by atoms with E-state index in [4.69, 9.17) is 12.2 Å². The first-order chi connectivity index (χ1) is 5.24. The van der Waals surface area contributed by atoms with Gasteiger partial charge in [0.1, 0.15) is 0 Å². The predicted octanol–water partition coefficient (Wildman–Crippen LogP) is -0.431. The van der Waals surface area contributed by atoms with Crippen molar-refractivity contribution in [1.29, 1.82) is 0 Å². The Bertz CT molecular complexity index is 189. The summed E-state index contributed by atoms with van der Waals surface area (Å²) in [6, 6.07) is 0.185. The maximum atomic E-state index is 11.1. The summed E-state index contributed by atoms with van der Waals surface area (Å²) >= 11 is 0. The van der Waals surface area contributed by atoms with Crippen molar-refractivity contribution < 1.29 is 4.79 Å². The van der Waals surface area contributed by atoms with Crippen LogP contribution >= 0.6 is 0 Å². The lowest BCUT2D eigenvalue weighted by atomic mass is 10.1. The number of rotatable bonds is 2. The third-order valence-corrected chi connectivity index (χ3v) is 1.75. The molecule has 2 N–H and O–H groups in total. The second-order valence-corrected chi connectivity index (χ2v) is 2.76. The number of nitrogens with zero attached hydrogens (tertiary/aromatic N) is 1. The minimum absolute atomic E-state index is 0.129. The molecule has 1 amide bonds. The van der Waals surface area contributed by atoms with Crippen LogP contribution in [0.25, 0.3) is 0 Å². The van der Waals surface area contributed by atoms with Gasteiger partial charge in [0.05, 0.1) is 0 Å². The van der Waals surface area contributed by atoms with Crippen LogP contribution in [0.5, 0.6) is 0 Å². The van der Waals surface area contributed by atoms with Crippen LogP contribution in [0.3, 0.4) is 0 Å². The molecule has 11 heavy (non-hydrogen) atoms. The van der Waals surface area contributed by atoms with E-state index in [2.05, 4.69) is 5.92 Å². The molecule has 0 unspecified atom stereocenters. The van der Waals surface area contributed by atoms with Gasteiger partial charge in [-0.2, -0.15) is 0 Å². The summed E-state index contributed by atoms with van der Waals surface area (Å²) < 4.78 is 0. The third-order valence-electron chi connectivity index (χ3n) is 1.75. The Morgan fingerprint density at radius 2 is 2.36 bits per heavy atom. The zero-order valence-electron chi connectivity index (χ0n) is 6.42. The molecule has 0 atom stereocenters. The van der Waals surface area contributed by atoms with Crippen molar-refractivity contribution in [3.63, 3.8) is 0 Å². The minimum atomic E-state index is 0.129. The van der Waals surface area contributed by atoms with Crippen molar-refractivity contribution in [2.24, 2.45) is 5.73 Å². The summed E-state index contributed by atoms with van der Waals surface area (Å²) in [4.78, 5) is 12.8.